The van der Waals surface area contributed by atoms with Gasteiger partial charge in [-0.3, -0.25) is 0 Å². The summed E-state index contributed by atoms with van der Waals surface area (Å²) < 4.78 is 17.1. The van der Waals surface area contributed by atoms with Gasteiger partial charge in [0.15, 0.2) is 6.29 Å². The normalized spacial score (nSPS) is 31.4. The van der Waals surface area contributed by atoms with Gasteiger partial charge in [-0.05, 0) is 31.6 Å². The fourth-order valence-electron chi connectivity index (χ4n) is 3.11. The van der Waals surface area contributed by atoms with Crippen LogP contribution in [0.3, 0.4) is 0 Å². The Kier molecular flexibility index (Phi) is 11.3. The lowest BCUT2D eigenvalue weighted by Crippen LogP contribution is -2.38. The maximum Gasteiger partial charge on any atom is 0.186 e. The van der Waals surface area contributed by atoms with Gasteiger partial charge in [-0.1, -0.05) is 40.5 Å². The molecule has 7 heteroatoms. The van der Waals surface area contributed by atoms with Crippen molar-refractivity contribution in [1.29, 1.82) is 0 Å². The quantitative estimate of drug-likeness (QED) is 0.376. The minimum atomic E-state index is -1.22. The molecule has 0 radical (unpaired) electrons. The van der Waals surface area contributed by atoms with E-state index in [1.165, 1.54) is 0 Å². The predicted molar refractivity (Wildman–Crippen MR) is 102 cm³/mol. The second-order valence-corrected chi connectivity index (χ2v) is 7.91. The first-order valence-electron chi connectivity index (χ1n) is 10.3. The highest BCUT2D eigenvalue weighted by atomic mass is 16.7. The van der Waals surface area contributed by atoms with Crippen molar-refractivity contribution >= 4 is 0 Å². The number of rotatable bonds is 13. The predicted octanol–water partition coefficient (Wildman–Crippen LogP) is 1.45. The van der Waals surface area contributed by atoms with E-state index in [1.807, 2.05) is 20.8 Å². The standard InChI is InChI=1S/C20H40O7/c1-6-12(3)14(5)25-9-8-15(22)10-16(13(4)7-2)26-20-19(24)18(23)17(11-21)27-20/h12-24H,6-11H2,1-5H3/t12-,13-,14+,15-,16?,17+,18+,19-,20-/m1/s1. The number of ether oxygens (including phenoxy) is 3. The Hall–Kier alpha value is -0.280. The monoisotopic (exact) mass is 392 g/mol. The van der Waals surface area contributed by atoms with Crippen LogP contribution in [-0.4, -0.2) is 76.6 Å². The van der Waals surface area contributed by atoms with Gasteiger partial charge < -0.3 is 34.6 Å². The third-order valence-corrected chi connectivity index (χ3v) is 5.87. The Morgan fingerprint density at radius 3 is 2.15 bits per heavy atom. The maximum absolute atomic E-state index is 10.4. The summed E-state index contributed by atoms with van der Waals surface area (Å²) in [6.07, 6.45) is -2.24. The average molecular weight is 393 g/mol. The third kappa shape index (κ3) is 7.57. The molecule has 0 amide bonds. The lowest BCUT2D eigenvalue weighted by Gasteiger charge is -2.29. The molecule has 1 fully saturated rings. The minimum absolute atomic E-state index is 0.140. The van der Waals surface area contributed by atoms with Crippen molar-refractivity contribution in [3.8, 4) is 0 Å². The fraction of sp³-hybridized carbons (Fsp3) is 1.00. The summed E-state index contributed by atoms with van der Waals surface area (Å²) in [6, 6.07) is 0. The van der Waals surface area contributed by atoms with E-state index in [4.69, 9.17) is 14.2 Å². The molecule has 1 heterocycles. The lowest BCUT2D eigenvalue weighted by atomic mass is 9.95. The highest BCUT2D eigenvalue weighted by Crippen LogP contribution is 2.27. The molecule has 0 aliphatic carbocycles. The zero-order valence-electron chi connectivity index (χ0n) is 17.5. The highest BCUT2D eigenvalue weighted by molar-refractivity contribution is 4.87. The van der Waals surface area contributed by atoms with E-state index < -0.39 is 30.7 Å². The van der Waals surface area contributed by atoms with Crippen LogP contribution in [-0.2, 0) is 14.2 Å². The first-order valence-corrected chi connectivity index (χ1v) is 10.3. The van der Waals surface area contributed by atoms with Gasteiger partial charge in [-0.2, -0.15) is 0 Å². The molecule has 0 bridgehead atoms. The zero-order chi connectivity index (χ0) is 20.6. The van der Waals surface area contributed by atoms with Crippen LogP contribution >= 0.6 is 0 Å². The van der Waals surface area contributed by atoms with E-state index in [2.05, 4.69) is 13.8 Å². The topological polar surface area (TPSA) is 109 Å². The van der Waals surface area contributed by atoms with Crippen LogP contribution in [0.1, 0.15) is 60.3 Å². The van der Waals surface area contributed by atoms with Gasteiger partial charge in [-0.25, -0.2) is 0 Å². The van der Waals surface area contributed by atoms with E-state index >= 15 is 0 Å². The van der Waals surface area contributed by atoms with Crippen molar-refractivity contribution in [2.45, 2.75) is 103 Å². The molecular weight excluding hydrogens is 352 g/mol. The molecule has 7 nitrogen and oxygen atoms in total. The van der Waals surface area contributed by atoms with Crippen molar-refractivity contribution in [2.24, 2.45) is 11.8 Å². The van der Waals surface area contributed by atoms with Gasteiger partial charge in [0, 0.05) is 6.61 Å². The van der Waals surface area contributed by atoms with Crippen LogP contribution in [0.4, 0.5) is 0 Å². The third-order valence-electron chi connectivity index (χ3n) is 5.87. The summed E-state index contributed by atoms with van der Waals surface area (Å²) in [5.41, 5.74) is 0. The Labute approximate surface area is 163 Å². The minimum Gasteiger partial charge on any atom is -0.394 e. The molecule has 162 valence electrons. The Bertz CT molecular complexity index is 395. The molecule has 1 saturated heterocycles. The summed E-state index contributed by atoms with van der Waals surface area (Å²) in [5.74, 6) is 0.617. The van der Waals surface area contributed by atoms with E-state index in [9.17, 15) is 20.4 Å². The summed E-state index contributed by atoms with van der Waals surface area (Å²) >= 11 is 0. The van der Waals surface area contributed by atoms with Gasteiger partial charge >= 0.3 is 0 Å². The molecule has 27 heavy (non-hydrogen) atoms. The second kappa shape index (κ2) is 12.3. The van der Waals surface area contributed by atoms with Gasteiger partial charge in [0.25, 0.3) is 0 Å². The van der Waals surface area contributed by atoms with Gasteiger partial charge in [0.05, 0.1) is 24.9 Å². The molecule has 0 aromatic heterocycles. The van der Waals surface area contributed by atoms with Crippen molar-refractivity contribution in [3.05, 3.63) is 0 Å². The van der Waals surface area contributed by atoms with Crippen LogP contribution in [0, 0.1) is 11.8 Å². The van der Waals surface area contributed by atoms with Crippen LogP contribution in [0.15, 0.2) is 0 Å². The van der Waals surface area contributed by atoms with Crippen LogP contribution in [0.5, 0.6) is 0 Å². The molecule has 0 saturated carbocycles. The Morgan fingerprint density at radius 1 is 1.00 bits per heavy atom. The lowest BCUT2D eigenvalue weighted by molar-refractivity contribution is -0.208. The van der Waals surface area contributed by atoms with Gasteiger partial charge in [-0.15, -0.1) is 0 Å². The smallest absolute Gasteiger partial charge is 0.186 e. The summed E-state index contributed by atoms with van der Waals surface area (Å²) in [5, 5.41) is 39.6. The van der Waals surface area contributed by atoms with Crippen molar-refractivity contribution < 1.29 is 34.6 Å². The van der Waals surface area contributed by atoms with Gasteiger partial charge in [0.1, 0.15) is 18.3 Å². The molecule has 0 aromatic rings. The molecular formula is C20H40O7. The van der Waals surface area contributed by atoms with Crippen molar-refractivity contribution in [3.63, 3.8) is 0 Å². The van der Waals surface area contributed by atoms with E-state index in [0.29, 0.717) is 25.4 Å². The van der Waals surface area contributed by atoms with Gasteiger partial charge in [0.2, 0.25) is 0 Å². The Morgan fingerprint density at radius 2 is 1.63 bits per heavy atom. The molecule has 1 rings (SSSR count). The van der Waals surface area contributed by atoms with Crippen LogP contribution < -0.4 is 0 Å². The first-order chi connectivity index (χ1) is 12.7. The summed E-state index contributed by atoms with van der Waals surface area (Å²) in [7, 11) is 0. The largest absolute Gasteiger partial charge is 0.394 e. The number of aliphatic hydroxyl groups is 4. The summed E-state index contributed by atoms with van der Waals surface area (Å²) in [6.45, 7) is 10.5. The number of hydrogen-bond acceptors (Lipinski definition) is 7. The SMILES string of the molecule is CC[C@@H](C)C(C[C@H](O)CCO[C@@H](C)[C@H](C)CC)O[C@@H]1O[C@@H](CO)[C@H](O)[C@H]1O. The molecule has 0 aromatic carbocycles. The average Bonchev–Trinajstić information content (AvgIpc) is 2.93. The molecule has 1 unspecified atom stereocenters. The van der Waals surface area contributed by atoms with Crippen LogP contribution in [0.2, 0.25) is 0 Å². The molecule has 1 aliphatic rings. The molecule has 9 atom stereocenters. The number of aliphatic hydroxyl groups excluding tert-OH is 4. The highest BCUT2D eigenvalue weighted by Gasteiger charge is 2.44. The zero-order valence-corrected chi connectivity index (χ0v) is 17.5. The van der Waals surface area contributed by atoms with Crippen LogP contribution in [0.25, 0.3) is 0 Å². The van der Waals surface area contributed by atoms with Crippen molar-refractivity contribution in [1.82, 2.24) is 0 Å². The maximum atomic E-state index is 10.4. The van der Waals surface area contributed by atoms with Crippen molar-refractivity contribution in [2.75, 3.05) is 13.2 Å². The molecule has 4 N–H and O–H groups in total. The number of hydrogen-bond donors (Lipinski definition) is 4. The molecule has 0 spiro atoms. The second-order valence-electron chi connectivity index (χ2n) is 7.91. The Balaban J connectivity index is 2.52. The summed E-state index contributed by atoms with van der Waals surface area (Å²) in [4.78, 5) is 0. The van der Waals surface area contributed by atoms with E-state index in [0.717, 1.165) is 12.8 Å². The van der Waals surface area contributed by atoms with E-state index in [1.54, 1.807) is 0 Å². The fourth-order valence-corrected chi connectivity index (χ4v) is 3.11. The van der Waals surface area contributed by atoms with E-state index in [-0.39, 0.29) is 24.7 Å². The molecule has 1 aliphatic heterocycles. The first kappa shape index (κ1) is 24.8.